The summed E-state index contributed by atoms with van der Waals surface area (Å²) in [5, 5.41) is 3.30. The average molecular weight is 419 g/mol. The molecule has 1 heterocycles. The lowest BCUT2D eigenvalue weighted by Crippen LogP contribution is -2.23. The first-order valence-electron chi connectivity index (χ1n) is 8.79. The highest BCUT2D eigenvalue weighted by Crippen LogP contribution is 2.36. The van der Waals surface area contributed by atoms with Gasteiger partial charge >= 0.3 is 0 Å². The molecule has 0 unspecified atom stereocenters. The summed E-state index contributed by atoms with van der Waals surface area (Å²) in [4.78, 5) is 13.3. The number of rotatable bonds is 8. The smallest absolute Gasteiger partial charge is 0.262 e. The van der Waals surface area contributed by atoms with Crippen molar-refractivity contribution in [2.45, 2.75) is 13.2 Å². The van der Waals surface area contributed by atoms with Crippen LogP contribution in [0.5, 0.6) is 17.2 Å². The van der Waals surface area contributed by atoms with Crippen molar-refractivity contribution >= 4 is 27.3 Å². The summed E-state index contributed by atoms with van der Waals surface area (Å²) in [7, 11) is 6.13. The third-order valence-electron chi connectivity index (χ3n) is 4.48. The zero-order valence-electron chi connectivity index (χ0n) is 16.6. The number of methoxy groups -OCH3 is 4. The second-order valence-corrected chi connectivity index (χ2v) is 7.21. The molecule has 3 rings (SSSR count). The van der Waals surface area contributed by atoms with E-state index in [-0.39, 0.29) is 24.9 Å². The van der Waals surface area contributed by atoms with Crippen LogP contribution in [0.3, 0.4) is 0 Å². The normalized spacial score (nSPS) is 10.8. The van der Waals surface area contributed by atoms with Crippen molar-refractivity contribution in [3.8, 4) is 17.2 Å². The molecule has 1 amide bonds. The lowest BCUT2D eigenvalue weighted by atomic mass is 10.1. The summed E-state index contributed by atoms with van der Waals surface area (Å²) in [6, 6.07) is 8.24. The van der Waals surface area contributed by atoms with E-state index in [0.717, 1.165) is 5.56 Å². The van der Waals surface area contributed by atoms with Gasteiger partial charge in [-0.3, -0.25) is 4.79 Å². The van der Waals surface area contributed by atoms with Crippen LogP contribution < -0.4 is 19.5 Å². The minimum absolute atomic E-state index is 0.142. The first-order valence-corrected chi connectivity index (χ1v) is 9.61. The Bertz CT molecular complexity index is 1030. The quantitative estimate of drug-likeness (QED) is 0.594. The fourth-order valence-electron chi connectivity index (χ4n) is 3.12. The fraction of sp³-hybridized carbons (Fsp3) is 0.286. The minimum atomic E-state index is -0.369. The second-order valence-electron chi connectivity index (χ2n) is 6.16. The zero-order valence-corrected chi connectivity index (χ0v) is 17.4. The molecule has 0 fully saturated rings. The fourth-order valence-corrected chi connectivity index (χ4v) is 4.26. The molecule has 29 heavy (non-hydrogen) atoms. The Morgan fingerprint density at radius 1 is 1.03 bits per heavy atom. The summed E-state index contributed by atoms with van der Waals surface area (Å²) in [5.74, 6) is 0.937. The van der Waals surface area contributed by atoms with Crippen molar-refractivity contribution in [1.29, 1.82) is 0 Å². The standard InChI is InChI=1S/C21H22FNO5S/c1-25-11-13-19-14(22)6-5-7-18(19)29-20(13)21(24)23-10-12-8-16(27-3)17(28-4)9-15(12)26-2/h5-9H,10-11H2,1-4H3,(H,23,24). The maximum atomic E-state index is 14.3. The number of amides is 1. The number of ether oxygens (including phenoxy) is 4. The van der Waals surface area contributed by atoms with Crippen LogP contribution in [-0.4, -0.2) is 34.3 Å². The van der Waals surface area contributed by atoms with Gasteiger partial charge in [-0.05, 0) is 18.2 Å². The van der Waals surface area contributed by atoms with Crippen molar-refractivity contribution in [2.24, 2.45) is 0 Å². The Balaban J connectivity index is 1.90. The Kier molecular flexibility index (Phi) is 6.56. The molecular formula is C21H22FNO5S. The largest absolute Gasteiger partial charge is 0.496 e. The van der Waals surface area contributed by atoms with Crippen LogP contribution in [-0.2, 0) is 17.9 Å². The number of hydrogen-bond donors (Lipinski definition) is 1. The van der Waals surface area contributed by atoms with Crippen molar-refractivity contribution in [3.63, 3.8) is 0 Å². The Morgan fingerprint density at radius 2 is 1.72 bits per heavy atom. The van der Waals surface area contributed by atoms with E-state index in [1.807, 2.05) is 0 Å². The monoisotopic (exact) mass is 419 g/mol. The van der Waals surface area contributed by atoms with Gasteiger partial charge in [-0.15, -0.1) is 11.3 Å². The van der Waals surface area contributed by atoms with Gasteiger partial charge in [0.25, 0.3) is 5.91 Å². The molecule has 2 aromatic carbocycles. The van der Waals surface area contributed by atoms with Gasteiger partial charge in [-0.25, -0.2) is 4.39 Å². The number of halogens is 1. The molecule has 0 aliphatic heterocycles. The molecule has 0 spiro atoms. The van der Waals surface area contributed by atoms with E-state index in [4.69, 9.17) is 18.9 Å². The van der Waals surface area contributed by atoms with Crippen LogP contribution in [0.2, 0.25) is 0 Å². The molecular weight excluding hydrogens is 397 g/mol. The maximum Gasteiger partial charge on any atom is 0.262 e. The molecule has 0 saturated carbocycles. The van der Waals surface area contributed by atoms with Crippen molar-refractivity contribution < 1.29 is 28.1 Å². The van der Waals surface area contributed by atoms with Gasteiger partial charge in [-0.1, -0.05) is 6.07 Å². The number of thiophene rings is 1. The summed E-state index contributed by atoms with van der Waals surface area (Å²) in [5.41, 5.74) is 1.27. The van der Waals surface area contributed by atoms with Crippen LogP contribution in [0.4, 0.5) is 4.39 Å². The zero-order chi connectivity index (χ0) is 21.0. The van der Waals surface area contributed by atoms with E-state index in [9.17, 15) is 9.18 Å². The molecule has 0 radical (unpaired) electrons. The Hall–Kier alpha value is -2.84. The van der Waals surface area contributed by atoms with Gasteiger partial charge < -0.3 is 24.3 Å². The molecule has 1 N–H and O–H groups in total. The van der Waals surface area contributed by atoms with E-state index >= 15 is 0 Å². The third kappa shape index (κ3) is 4.13. The minimum Gasteiger partial charge on any atom is -0.496 e. The molecule has 6 nitrogen and oxygen atoms in total. The SMILES string of the molecule is COCc1c(C(=O)NCc2cc(OC)c(OC)cc2OC)sc2cccc(F)c12. The Morgan fingerprint density at radius 3 is 2.38 bits per heavy atom. The van der Waals surface area contributed by atoms with Crippen LogP contribution in [0.25, 0.3) is 10.1 Å². The molecule has 0 aliphatic rings. The van der Waals surface area contributed by atoms with Crippen molar-refractivity contribution in [2.75, 3.05) is 28.4 Å². The summed E-state index contributed by atoms with van der Waals surface area (Å²) >= 11 is 1.24. The van der Waals surface area contributed by atoms with Gasteiger partial charge in [0, 0.05) is 40.9 Å². The predicted molar refractivity (Wildman–Crippen MR) is 110 cm³/mol. The molecule has 3 aromatic rings. The molecule has 0 bridgehead atoms. The van der Waals surface area contributed by atoms with Crippen molar-refractivity contribution in [3.05, 3.63) is 52.2 Å². The van der Waals surface area contributed by atoms with Crippen molar-refractivity contribution in [1.82, 2.24) is 5.32 Å². The molecule has 8 heteroatoms. The number of fused-ring (bicyclic) bond motifs is 1. The lowest BCUT2D eigenvalue weighted by molar-refractivity contribution is 0.0950. The topological polar surface area (TPSA) is 66.0 Å². The first kappa shape index (κ1) is 20.9. The Labute approximate surface area is 172 Å². The number of hydrogen-bond acceptors (Lipinski definition) is 6. The second kappa shape index (κ2) is 9.11. The lowest BCUT2D eigenvalue weighted by Gasteiger charge is -2.14. The molecule has 1 aromatic heterocycles. The number of nitrogens with one attached hydrogen (secondary N) is 1. The highest BCUT2D eigenvalue weighted by molar-refractivity contribution is 7.21. The van der Waals surface area contributed by atoms with Gasteiger partial charge in [0.05, 0.1) is 32.8 Å². The number of carbonyl (C=O) groups is 1. The average Bonchev–Trinajstić information content (AvgIpc) is 3.11. The predicted octanol–water partition coefficient (Wildman–Crippen LogP) is 4.14. The van der Waals surface area contributed by atoms with E-state index in [0.29, 0.717) is 37.8 Å². The van der Waals surface area contributed by atoms with Gasteiger partial charge in [0.2, 0.25) is 0 Å². The van der Waals surface area contributed by atoms with E-state index in [1.54, 1.807) is 24.3 Å². The summed E-state index contributed by atoms with van der Waals surface area (Å²) in [6.07, 6.45) is 0. The van der Waals surface area contributed by atoms with E-state index < -0.39 is 0 Å². The third-order valence-corrected chi connectivity index (χ3v) is 5.68. The van der Waals surface area contributed by atoms with Gasteiger partial charge in [-0.2, -0.15) is 0 Å². The number of carbonyl (C=O) groups excluding carboxylic acids is 1. The number of benzene rings is 2. The first-order chi connectivity index (χ1) is 14.0. The van der Waals surface area contributed by atoms with E-state index in [2.05, 4.69) is 5.32 Å². The van der Waals surface area contributed by atoms with Crippen LogP contribution in [0, 0.1) is 5.82 Å². The van der Waals surface area contributed by atoms with Gasteiger partial charge in [0.1, 0.15) is 11.6 Å². The molecule has 154 valence electrons. The van der Waals surface area contributed by atoms with Crippen LogP contribution in [0.1, 0.15) is 20.8 Å². The highest BCUT2D eigenvalue weighted by atomic mass is 32.1. The highest BCUT2D eigenvalue weighted by Gasteiger charge is 2.21. The van der Waals surface area contributed by atoms with Gasteiger partial charge in [0.15, 0.2) is 11.5 Å². The summed E-state index contributed by atoms with van der Waals surface area (Å²) < 4.78 is 36.2. The maximum absolute atomic E-state index is 14.3. The van der Waals surface area contributed by atoms with Crippen LogP contribution in [0.15, 0.2) is 30.3 Å². The summed E-state index contributed by atoms with van der Waals surface area (Å²) in [6.45, 7) is 0.342. The van der Waals surface area contributed by atoms with E-state index in [1.165, 1.54) is 45.8 Å². The molecule has 0 atom stereocenters. The molecule has 0 aliphatic carbocycles. The molecule has 0 saturated heterocycles. The van der Waals surface area contributed by atoms with Crippen LogP contribution >= 0.6 is 11.3 Å².